The summed E-state index contributed by atoms with van der Waals surface area (Å²) in [7, 11) is 0. The molecule has 6 heteroatoms. The summed E-state index contributed by atoms with van der Waals surface area (Å²) in [6, 6.07) is 0. The highest BCUT2D eigenvalue weighted by molar-refractivity contribution is 5.71. The summed E-state index contributed by atoms with van der Waals surface area (Å²) in [6.07, 6.45) is 64.5. The van der Waals surface area contributed by atoms with Crippen LogP contribution in [0.15, 0.2) is 72.9 Å². The first-order chi connectivity index (χ1) is 31.0. The van der Waals surface area contributed by atoms with Crippen molar-refractivity contribution < 1.29 is 28.6 Å². The highest BCUT2D eigenvalue weighted by Crippen LogP contribution is 2.15. The molecule has 0 aliphatic carbocycles. The summed E-state index contributed by atoms with van der Waals surface area (Å²) < 4.78 is 16.8. The predicted octanol–water partition coefficient (Wildman–Crippen LogP) is 17.4. The third-order valence-electron chi connectivity index (χ3n) is 11.2. The van der Waals surface area contributed by atoms with Gasteiger partial charge in [-0.15, -0.1) is 0 Å². The van der Waals surface area contributed by atoms with Gasteiger partial charge in [0.1, 0.15) is 13.2 Å². The minimum atomic E-state index is -0.789. The first-order valence-electron chi connectivity index (χ1n) is 26.4. The number of ether oxygens (including phenoxy) is 3. The zero-order chi connectivity index (χ0) is 45.8. The molecule has 0 N–H and O–H groups in total. The molecule has 0 saturated carbocycles. The van der Waals surface area contributed by atoms with Crippen LogP contribution in [0.4, 0.5) is 0 Å². The number of hydrogen-bond acceptors (Lipinski definition) is 6. The monoisotopic (exact) mass is 879 g/mol. The minimum absolute atomic E-state index is 0.0904. The number of rotatable bonds is 47. The first kappa shape index (κ1) is 59.9. The largest absolute Gasteiger partial charge is 0.462 e. The normalized spacial score (nSPS) is 12.6. The lowest BCUT2D eigenvalue weighted by Gasteiger charge is -2.18. The molecule has 0 heterocycles. The summed E-state index contributed by atoms with van der Waals surface area (Å²) >= 11 is 0. The number of hydrogen-bond donors (Lipinski definition) is 0. The van der Waals surface area contributed by atoms with E-state index in [9.17, 15) is 14.4 Å². The zero-order valence-electron chi connectivity index (χ0n) is 41.3. The second kappa shape index (κ2) is 51.5. The average molecular weight is 879 g/mol. The standard InChI is InChI=1S/C57H98O6/c1-4-7-10-13-16-19-22-25-27-28-30-33-35-38-41-44-47-50-56(59)62-53-54(63-57(60)51-48-45-42-39-36-31-24-21-18-15-12-9-6-3)52-61-55(58)49-46-43-40-37-34-32-29-26-23-20-17-14-11-8-5-2/h8,11,16-17,19-20,25-27,29-30,33,54H,4-7,9-10,12-15,18,21-24,28,31-32,34-53H2,1-3H3/b11-8-,19-16-,20-17-,27-25-,29-26-,33-30-/t54-/m1/s1. The summed E-state index contributed by atoms with van der Waals surface area (Å²) in [5.41, 5.74) is 0. The highest BCUT2D eigenvalue weighted by atomic mass is 16.6. The van der Waals surface area contributed by atoms with Gasteiger partial charge in [-0.25, -0.2) is 0 Å². The first-order valence-corrected chi connectivity index (χ1v) is 26.4. The van der Waals surface area contributed by atoms with Crippen LogP contribution in [0.1, 0.15) is 252 Å². The van der Waals surface area contributed by atoms with Crippen molar-refractivity contribution in [3.63, 3.8) is 0 Å². The summed E-state index contributed by atoms with van der Waals surface area (Å²) in [6.45, 7) is 6.47. The molecule has 0 spiro atoms. The smallest absolute Gasteiger partial charge is 0.306 e. The molecule has 0 radical (unpaired) electrons. The fourth-order valence-corrected chi connectivity index (χ4v) is 7.23. The molecule has 0 rings (SSSR count). The molecule has 0 aromatic rings. The topological polar surface area (TPSA) is 78.9 Å². The lowest BCUT2D eigenvalue weighted by molar-refractivity contribution is -0.167. The van der Waals surface area contributed by atoms with Crippen LogP contribution in [-0.4, -0.2) is 37.2 Å². The lowest BCUT2D eigenvalue weighted by atomic mass is 10.0. The van der Waals surface area contributed by atoms with E-state index in [0.717, 1.165) is 122 Å². The summed E-state index contributed by atoms with van der Waals surface area (Å²) in [5, 5.41) is 0. The fraction of sp³-hybridized carbons (Fsp3) is 0.737. The second-order valence-corrected chi connectivity index (χ2v) is 17.4. The number of allylic oxidation sites excluding steroid dienone is 12. The molecular formula is C57H98O6. The van der Waals surface area contributed by atoms with Crippen LogP contribution in [0.25, 0.3) is 0 Å². The molecule has 0 aromatic heterocycles. The number of carbonyl (C=O) groups excluding carboxylic acids is 3. The van der Waals surface area contributed by atoms with Gasteiger partial charge in [0.25, 0.3) is 0 Å². The van der Waals surface area contributed by atoms with Gasteiger partial charge in [0, 0.05) is 19.3 Å². The third-order valence-corrected chi connectivity index (χ3v) is 11.2. The quantitative estimate of drug-likeness (QED) is 0.0262. The number of unbranched alkanes of at least 4 members (excludes halogenated alkanes) is 24. The fourth-order valence-electron chi connectivity index (χ4n) is 7.23. The molecule has 0 aliphatic rings. The molecule has 0 saturated heterocycles. The zero-order valence-corrected chi connectivity index (χ0v) is 41.3. The molecule has 0 unspecified atom stereocenters. The number of carbonyl (C=O) groups is 3. The van der Waals surface area contributed by atoms with Gasteiger partial charge < -0.3 is 14.2 Å². The molecular weight excluding hydrogens is 781 g/mol. The van der Waals surface area contributed by atoms with Crippen molar-refractivity contribution >= 4 is 17.9 Å². The Morgan fingerprint density at radius 3 is 1.00 bits per heavy atom. The molecule has 0 aromatic carbocycles. The van der Waals surface area contributed by atoms with E-state index in [-0.39, 0.29) is 31.1 Å². The van der Waals surface area contributed by atoms with Crippen molar-refractivity contribution in [3.05, 3.63) is 72.9 Å². The van der Waals surface area contributed by atoms with Gasteiger partial charge in [-0.05, 0) is 89.9 Å². The third kappa shape index (κ3) is 49.7. The van der Waals surface area contributed by atoms with Crippen molar-refractivity contribution in [2.24, 2.45) is 0 Å². The Hall–Kier alpha value is -3.15. The Bertz CT molecular complexity index is 1190. The van der Waals surface area contributed by atoms with Crippen LogP contribution < -0.4 is 0 Å². The van der Waals surface area contributed by atoms with Crippen LogP contribution >= 0.6 is 0 Å². The second-order valence-electron chi connectivity index (χ2n) is 17.4. The number of esters is 3. The highest BCUT2D eigenvalue weighted by Gasteiger charge is 2.19. The van der Waals surface area contributed by atoms with Crippen molar-refractivity contribution in [1.29, 1.82) is 0 Å². The molecule has 0 amide bonds. The minimum Gasteiger partial charge on any atom is -0.462 e. The average Bonchev–Trinajstić information content (AvgIpc) is 3.28. The van der Waals surface area contributed by atoms with Crippen LogP contribution in [0.2, 0.25) is 0 Å². The Labute approximate surface area is 389 Å². The van der Waals surface area contributed by atoms with Crippen molar-refractivity contribution in [1.82, 2.24) is 0 Å². The van der Waals surface area contributed by atoms with Gasteiger partial charge in [-0.3, -0.25) is 14.4 Å². The maximum Gasteiger partial charge on any atom is 0.306 e. The van der Waals surface area contributed by atoms with Gasteiger partial charge in [0.05, 0.1) is 0 Å². The van der Waals surface area contributed by atoms with Crippen molar-refractivity contribution in [2.45, 2.75) is 258 Å². The Morgan fingerprint density at radius 1 is 0.333 bits per heavy atom. The van der Waals surface area contributed by atoms with E-state index in [1.165, 1.54) is 89.9 Å². The van der Waals surface area contributed by atoms with Gasteiger partial charge >= 0.3 is 17.9 Å². The van der Waals surface area contributed by atoms with Crippen LogP contribution in [0, 0.1) is 0 Å². The van der Waals surface area contributed by atoms with E-state index >= 15 is 0 Å². The maximum absolute atomic E-state index is 12.8. The Morgan fingerprint density at radius 2 is 0.619 bits per heavy atom. The molecule has 0 fully saturated rings. The van der Waals surface area contributed by atoms with Crippen LogP contribution in [0.3, 0.4) is 0 Å². The van der Waals surface area contributed by atoms with Crippen LogP contribution in [0.5, 0.6) is 0 Å². The van der Waals surface area contributed by atoms with Gasteiger partial charge in [-0.1, -0.05) is 216 Å². The Kier molecular flexibility index (Phi) is 48.9. The van der Waals surface area contributed by atoms with E-state index in [1.807, 2.05) is 0 Å². The molecule has 362 valence electrons. The molecule has 1 atom stereocenters. The van der Waals surface area contributed by atoms with Gasteiger partial charge in [-0.2, -0.15) is 0 Å². The molecule has 0 bridgehead atoms. The Balaban J connectivity index is 4.43. The van der Waals surface area contributed by atoms with Crippen molar-refractivity contribution in [3.8, 4) is 0 Å². The van der Waals surface area contributed by atoms with E-state index in [2.05, 4.69) is 93.7 Å². The predicted molar refractivity (Wildman–Crippen MR) is 270 cm³/mol. The molecule has 63 heavy (non-hydrogen) atoms. The van der Waals surface area contributed by atoms with E-state index in [4.69, 9.17) is 14.2 Å². The van der Waals surface area contributed by atoms with E-state index in [0.29, 0.717) is 19.3 Å². The van der Waals surface area contributed by atoms with Crippen LogP contribution in [-0.2, 0) is 28.6 Å². The molecule has 6 nitrogen and oxygen atoms in total. The van der Waals surface area contributed by atoms with Gasteiger partial charge in [0.15, 0.2) is 6.10 Å². The van der Waals surface area contributed by atoms with E-state index in [1.54, 1.807) is 0 Å². The van der Waals surface area contributed by atoms with Gasteiger partial charge in [0.2, 0.25) is 0 Å². The SMILES string of the molecule is CC/C=C\C/C=C\C/C=C\CCCCCCCC(=O)OC[C@H](COC(=O)CCCCCC/C=C\C/C=C\C/C=C\CCCCC)OC(=O)CCCCCCCCCCCCCCC. The molecule has 0 aliphatic heterocycles. The summed E-state index contributed by atoms with van der Waals surface area (Å²) in [5.74, 6) is -0.923. The van der Waals surface area contributed by atoms with E-state index < -0.39 is 6.10 Å². The lowest BCUT2D eigenvalue weighted by Crippen LogP contribution is -2.30. The maximum atomic E-state index is 12.8. The summed E-state index contributed by atoms with van der Waals surface area (Å²) in [4.78, 5) is 38.0. The van der Waals surface area contributed by atoms with Crippen molar-refractivity contribution in [2.75, 3.05) is 13.2 Å².